The molecule has 0 unspecified atom stereocenters. The third-order valence-electron chi connectivity index (χ3n) is 2.20. The van der Waals surface area contributed by atoms with Crippen LogP contribution in [0.4, 0.5) is 4.39 Å². The maximum absolute atomic E-state index is 13.5. The van der Waals surface area contributed by atoms with Crippen molar-refractivity contribution in [3.63, 3.8) is 0 Å². The third kappa shape index (κ3) is 2.84. The van der Waals surface area contributed by atoms with Crippen molar-refractivity contribution in [1.82, 2.24) is 9.55 Å². The van der Waals surface area contributed by atoms with Crippen LogP contribution in [0.2, 0.25) is 10.2 Å². The van der Waals surface area contributed by atoms with Gasteiger partial charge in [-0.05, 0) is 12.1 Å². The molecule has 88 valence electrons. The standard InChI is InChI=1S/C11H7Cl2FN2O/c12-8-2-1-7(9(14)3-8)5-16-6-15-10(13)4-11(16)17/h1-4,6H,5H2. The average Bonchev–Trinajstić information content (AvgIpc) is 2.25. The second-order valence-electron chi connectivity index (χ2n) is 3.41. The van der Waals surface area contributed by atoms with Gasteiger partial charge in [-0.15, -0.1) is 0 Å². The second kappa shape index (κ2) is 4.85. The first-order chi connectivity index (χ1) is 8.06. The minimum Gasteiger partial charge on any atom is -0.295 e. The summed E-state index contributed by atoms with van der Waals surface area (Å²) in [6.45, 7) is 0.0893. The molecule has 0 atom stereocenters. The van der Waals surface area contributed by atoms with Crippen molar-refractivity contribution < 1.29 is 4.39 Å². The van der Waals surface area contributed by atoms with Gasteiger partial charge in [0.15, 0.2) is 0 Å². The van der Waals surface area contributed by atoms with Crippen molar-refractivity contribution in [2.24, 2.45) is 0 Å². The lowest BCUT2D eigenvalue weighted by Crippen LogP contribution is -2.20. The number of aromatic nitrogens is 2. The number of hydrogen-bond acceptors (Lipinski definition) is 2. The average molecular weight is 273 g/mol. The van der Waals surface area contributed by atoms with Gasteiger partial charge in [0.25, 0.3) is 5.56 Å². The van der Waals surface area contributed by atoms with Crippen molar-refractivity contribution in [3.8, 4) is 0 Å². The molecule has 6 heteroatoms. The molecule has 17 heavy (non-hydrogen) atoms. The normalized spacial score (nSPS) is 10.5. The molecule has 0 radical (unpaired) electrons. The lowest BCUT2D eigenvalue weighted by molar-refractivity contribution is 0.594. The van der Waals surface area contributed by atoms with E-state index in [0.29, 0.717) is 10.6 Å². The number of nitrogens with zero attached hydrogens (tertiary/aromatic N) is 2. The smallest absolute Gasteiger partial charge is 0.255 e. The van der Waals surface area contributed by atoms with Gasteiger partial charge < -0.3 is 0 Å². The van der Waals surface area contributed by atoms with E-state index >= 15 is 0 Å². The van der Waals surface area contributed by atoms with Crippen LogP contribution in [-0.4, -0.2) is 9.55 Å². The van der Waals surface area contributed by atoms with E-state index in [1.165, 1.54) is 29.1 Å². The van der Waals surface area contributed by atoms with Gasteiger partial charge >= 0.3 is 0 Å². The molecule has 0 fully saturated rings. The molecular weight excluding hydrogens is 266 g/mol. The molecular formula is C11H7Cl2FN2O. The van der Waals surface area contributed by atoms with Crippen LogP contribution < -0.4 is 5.56 Å². The summed E-state index contributed by atoms with van der Waals surface area (Å²) in [6, 6.07) is 5.47. The van der Waals surface area contributed by atoms with Crippen molar-refractivity contribution in [2.75, 3.05) is 0 Å². The molecule has 0 spiro atoms. The number of halogens is 3. The fourth-order valence-corrected chi connectivity index (χ4v) is 1.65. The zero-order valence-electron chi connectivity index (χ0n) is 8.53. The van der Waals surface area contributed by atoms with Gasteiger partial charge in [-0.1, -0.05) is 29.3 Å². The van der Waals surface area contributed by atoms with Crippen LogP contribution in [-0.2, 0) is 6.54 Å². The zero-order chi connectivity index (χ0) is 12.4. The molecule has 2 rings (SSSR count). The summed E-state index contributed by atoms with van der Waals surface area (Å²) in [5.74, 6) is -0.459. The predicted molar refractivity (Wildman–Crippen MR) is 64.0 cm³/mol. The Bertz CT molecular complexity index is 613. The number of benzene rings is 1. The van der Waals surface area contributed by atoms with Gasteiger partial charge in [-0.3, -0.25) is 9.36 Å². The second-order valence-corrected chi connectivity index (χ2v) is 4.24. The van der Waals surface area contributed by atoms with Crippen LogP contribution in [0.25, 0.3) is 0 Å². The Hall–Kier alpha value is -1.39. The highest BCUT2D eigenvalue weighted by Gasteiger charge is 2.05. The topological polar surface area (TPSA) is 34.9 Å². The van der Waals surface area contributed by atoms with Gasteiger partial charge in [0, 0.05) is 16.7 Å². The predicted octanol–water partition coefficient (Wildman–Crippen LogP) is 2.74. The van der Waals surface area contributed by atoms with E-state index in [9.17, 15) is 9.18 Å². The zero-order valence-corrected chi connectivity index (χ0v) is 10.0. The molecule has 0 amide bonds. The van der Waals surface area contributed by atoms with Gasteiger partial charge in [0.05, 0.1) is 12.9 Å². The van der Waals surface area contributed by atoms with E-state index in [0.717, 1.165) is 0 Å². The summed E-state index contributed by atoms with van der Waals surface area (Å²) in [5, 5.41) is 0.427. The molecule has 0 saturated carbocycles. The van der Waals surface area contributed by atoms with Crippen molar-refractivity contribution >= 4 is 23.2 Å². The SMILES string of the molecule is O=c1cc(Cl)ncn1Cc1ccc(Cl)cc1F. The Morgan fingerprint density at radius 3 is 2.71 bits per heavy atom. The number of hydrogen-bond donors (Lipinski definition) is 0. The molecule has 1 aromatic carbocycles. The van der Waals surface area contributed by atoms with Crippen LogP contribution in [0.15, 0.2) is 35.4 Å². The van der Waals surface area contributed by atoms with E-state index in [1.54, 1.807) is 6.07 Å². The Morgan fingerprint density at radius 1 is 1.29 bits per heavy atom. The summed E-state index contributed by atoms with van der Waals surface area (Å²) < 4.78 is 14.8. The largest absolute Gasteiger partial charge is 0.295 e. The van der Waals surface area contributed by atoms with Crippen LogP contribution in [0, 0.1) is 5.82 Å². The highest BCUT2D eigenvalue weighted by molar-refractivity contribution is 6.30. The minimum absolute atomic E-state index is 0.0893. The van der Waals surface area contributed by atoms with Gasteiger partial charge in [0.2, 0.25) is 0 Å². The fourth-order valence-electron chi connectivity index (χ4n) is 1.36. The Morgan fingerprint density at radius 2 is 2.06 bits per heavy atom. The summed E-state index contributed by atoms with van der Waals surface area (Å²) in [7, 11) is 0. The minimum atomic E-state index is -0.459. The van der Waals surface area contributed by atoms with Crippen LogP contribution >= 0.6 is 23.2 Å². The Kier molecular flexibility index (Phi) is 3.45. The highest BCUT2D eigenvalue weighted by atomic mass is 35.5. The highest BCUT2D eigenvalue weighted by Crippen LogP contribution is 2.15. The van der Waals surface area contributed by atoms with E-state index in [2.05, 4.69) is 4.98 Å². The molecule has 3 nitrogen and oxygen atoms in total. The lowest BCUT2D eigenvalue weighted by Gasteiger charge is -2.06. The summed E-state index contributed by atoms with van der Waals surface area (Å²) in [6.07, 6.45) is 1.28. The van der Waals surface area contributed by atoms with Gasteiger partial charge in [-0.2, -0.15) is 0 Å². The monoisotopic (exact) mass is 272 g/mol. The molecule has 0 aliphatic carbocycles. The molecule has 0 aliphatic rings. The molecule has 0 bridgehead atoms. The summed E-state index contributed by atoms with van der Waals surface area (Å²) >= 11 is 11.2. The van der Waals surface area contributed by atoms with Crippen molar-refractivity contribution in [1.29, 1.82) is 0 Å². The summed E-state index contributed by atoms with van der Waals surface area (Å²) in [5.41, 5.74) is 0.0278. The van der Waals surface area contributed by atoms with Crippen molar-refractivity contribution in [2.45, 2.75) is 6.54 Å². The lowest BCUT2D eigenvalue weighted by atomic mass is 10.2. The van der Waals surface area contributed by atoms with Crippen LogP contribution in [0.1, 0.15) is 5.56 Å². The Labute approximate surface area is 106 Å². The maximum atomic E-state index is 13.5. The van der Waals surface area contributed by atoms with Crippen LogP contribution in [0.3, 0.4) is 0 Å². The van der Waals surface area contributed by atoms with E-state index in [4.69, 9.17) is 23.2 Å². The molecule has 0 saturated heterocycles. The molecule has 1 aromatic heterocycles. The Balaban J connectivity index is 2.35. The first-order valence-electron chi connectivity index (χ1n) is 4.72. The molecule has 0 N–H and O–H groups in total. The van der Waals surface area contributed by atoms with Crippen LogP contribution in [0.5, 0.6) is 0 Å². The first kappa shape index (κ1) is 12.1. The fraction of sp³-hybridized carbons (Fsp3) is 0.0909. The maximum Gasteiger partial charge on any atom is 0.255 e. The van der Waals surface area contributed by atoms with E-state index in [1.807, 2.05) is 0 Å². The molecule has 0 aliphatic heterocycles. The molecule has 2 aromatic rings. The van der Waals surface area contributed by atoms with E-state index < -0.39 is 5.82 Å². The van der Waals surface area contributed by atoms with Gasteiger partial charge in [0.1, 0.15) is 11.0 Å². The van der Waals surface area contributed by atoms with Gasteiger partial charge in [-0.25, -0.2) is 9.37 Å². The first-order valence-corrected chi connectivity index (χ1v) is 5.48. The van der Waals surface area contributed by atoms with E-state index in [-0.39, 0.29) is 17.3 Å². The third-order valence-corrected chi connectivity index (χ3v) is 2.64. The van der Waals surface area contributed by atoms with Crippen molar-refractivity contribution in [3.05, 3.63) is 62.5 Å². The quantitative estimate of drug-likeness (QED) is 0.788. The number of rotatable bonds is 2. The summed E-state index contributed by atoms with van der Waals surface area (Å²) in [4.78, 5) is 15.3. The molecule has 1 heterocycles.